The minimum Gasteiger partial charge on any atom is -0.454 e. The Morgan fingerprint density at radius 2 is 0.857 bits per heavy atom. The van der Waals surface area contributed by atoms with E-state index in [0.29, 0.717) is 12.8 Å². The lowest BCUT2D eigenvalue weighted by atomic mass is 9.99. The van der Waals surface area contributed by atoms with Crippen molar-refractivity contribution in [2.45, 2.75) is 352 Å². The zero-order valence-electron chi connectivity index (χ0n) is 54.0. The van der Waals surface area contributed by atoms with Crippen LogP contribution in [0.1, 0.15) is 303 Å². The number of ether oxygens (including phenoxy) is 3. The van der Waals surface area contributed by atoms with Crippen molar-refractivity contribution >= 4 is 11.9 Å². The van der Waals surface area contributed by atoms with Crippen molar-refractivity contribution in [1.82, 2.24) is 5.32 Å². The van der Waals surface area contributed by atoms with Crippen LogP contribution >= 0.6 is 0 Å². The monoisotopic (exact) mass is 1180 g/mol. The van der Waals surface area contributed by atoms with Gasteiger partial charge in [-0.2, -0.15) is 0 Å². The Hall–Kier alpha value is -3.16. The average Bonchev–Trinajstić information content (AvgIpc) is 3.55. The Balaban J connectivity index is 2.62. The van der Waals surface area contributed by atoms with Gasteiger partial charge < -0.3 is 45.1 Å². The molecule has 8 atom stereocenters. The first-order valence-electron chi connectivity index (χ1n) is 34.9. The molecule has 6 N–H and O–H groups in total. The first-order chi connectivity index (χ1) is 41.2. The summed E-state index contributed by atoms with van der Waals surface area (Å²) >= 11 is 0. The summed E-state index contributed by atoms with van der Waals surface area (Å²) in [6.07, 6.45) is 69.1. The van der Waals surface area contributed by atoms with Gasteiger partial charge in [-0.3, -0.25) is 9.59 Å². The summed E-state index contributed by atoms with van der Waals surface area (Å²) in [6, 6.07) is -1.04. The molecule has 0 aromatic heterocycles. The normalized spacial score (nSPS) is 19.0. The van der Waals surface area contributed by atoms with E-state index in [1.165, 1.54) is 161 Å². The van der Waals surface area contributed by atoms with Crippen molar-refractivity contribution in [2.75, 3.05) is 13.2 Å². The number of carbonyl (C=O) groups excluding carboxylic acids is 2. The number of aliphatic hydroxyl groups is 5. The Kier molecular flexibility index (Phi) is 56.5. The van der Waals surface area contributed by atoms with Gasteiger partial charge in [0, 0.05) is 6.42 Å². The molecule has 0 aromatic rings. The summed E-state index contributed by atoms with van der Waals surface area (Å²) in [7, 11) is 0. The zero-order valence-corrected chi connectivity index (χ0v) is 54.0. The molecule has 1 heterocycles. The van der Waals surface area contributed by atoms with Gasteiger partial charge in [0.05, 0.1) is 25.4 Å². The van der Waals surface area contributed by atoms with E-state index in [0.717, 1.165) is 96.3 Å². The number of nitrogens with one attached hydrogen (secondary N) is 1. The Morgan fingerprint density at radius 1 is 0.476 bits per heavy atom. The van der Waals surface area contributed by atoms with Crippen molar-refractivity contribution in [3.05, 3.63) is 85.1 Å². The highest BCUT2D eigenvalue weighted by Gasteiger charge is 2.47. The first-order valence-corrected chi connectivity index (χ1v) is 34.9. The molecule has 1 fully saturated rings. The second-order valence-electron chi connectivity index (χ2n) is 23.9. The molecule has 0 aliphatic carbocycles. The maximum Gasteiger partial charge on any atom is 0.306 e. The van der Waals surface area contributed by atoms with Gasteiger partial charge in [0.15, 0.2) is 12.4 Å². The predicted molar refractivity (Wildman–Crippen MR) is 352 cm³/mol. The number of carbonyl (C=O) groups is 2. The molecule has 0 spiro atoms. The van der Waals surface area contributed by atoms with Crippen LogP contribution in [0, 0.1) is 0 Å². The number of aliphatic hydroxyl groups excluding tert-OH is 5. The van der Waals surface area contributed by atoms with Crippen molar-refractivity contribution in [3.8, 4) is 0 Å². The van der Waals surface area contributed by atoms with Gasteiger partial charge in [0.2, 0.25) is 5.91 Å². The molecule has 1 aliphatic heterocycles. The third-order valence-electron chi connectivity index (χ3n) is 16.1. The van der Waals surface area contributed by atoms with Gasteiger partial charge in [-0.15, -0.1) is 0 Å². The van der Waals surface area contributed by atoms with Crippen molar-refractivity contribution in [3.63, 3.8) is 0 Å². The number of amides is 1. The topological polar surface area (TPSA) is 175 Å². The lowest BCUT2D eigenvalue weighted by Gasteiger charge is -2.41. The Bertz CT molecular complexity index is 1690. The lowest BCUT2D eigenvalue weighted by Crippen LogP contribution is -2.61. The number of unbranched alkanes of at least 4 members (excludes halogenated alkanes) is 33. The molecule has 0 saturated carbocycles. The minimum atomic E-state index is -1.62. The SMILES string of the molecule is CC/C=C\C/C=C\C/C=C\C/C=C\C/C=C\C/C=C\CCCCCC(O)C(=O)NC(COC1OC(CO)C(O)C(O)C1OC(=O)CCCCCCCCCCCCCCCCCCCCCCC)C(O)/C=C/CCCCCCCCCCCC. The summed E-state index contributed by atoms with van der Waals surface area (Å²) in [5, 5.41) is 57.2. The lowest BCUT2D eigenvalue weighted by molar-refractivity contribution is -0.305. The minimum absolute atomic E-state index is 0.121. The molecule has 1 rings (SSSR count). The molecule has 1 amide bonds. The molecule has 486 valence electrons. The van der Waals surface area contributed by atoms with Crippen LogP contribution in [-0.2, 0) is 23.8 Å². The third-order valence-corrected chi connectivity index (χ3v) is 16.1. The van der Waals surface area contributed by atoms with E-state index in [1.54, 1.807) is 6.08 Å². The molecular weight excluding hydrogens is 1050 g/mol. The quantitative estimate of drug-likeness (QED) is 0.0195. The fraction of sp³-hybridized carbons (Fsp3) is 0.781. The van der Waals surface area contributed by atoms with Crippen LogP contribution in [0.5, 0.6) is 0 Å². The van der Waals surface area contributed by atoms with Crippen molar-refractivity contribution in [2.24, 2.45) is 0 Å². The molecule has 11 heteroatoms. The number of hydrogen-bond donors (Lipinski definition) is 6. The average molecular weight is 1180 g/mol. The second-order valence-corrected chi connectivity index (χ2v) is 23.9. The maximum absolute atomic E-state index is 13.5. The van der Waals surface area contributed by atoms with Crippen LogP contribution < -0.4 is 5.32 Å². The van der Waals surface area contributed by atoms with Crippen LogP contribution in [-0.4, -0.2) is 99.6 Å². The molecule has 1 saturated heterocycles. The van der Waals surface area contributed by atoms with E-state index in [1.807, 2.05) is 6.08 Å². The largest absolute Gasteiger partial charge is 0.454 e. The molecule has 84 heavy (non-hydrogen) atoms. The summed E-state index contributed by atoms with van der Waals surface area (Å²) in [5.41, 5.74) is 0. The fourth-order valence-electron chi connectivity index (χ4n) is 10.6. The van der Waals surface area contributed by atoms with E-state index < -0.39 is 67.4 Å². The number of rotatable bonds is 59. The molecule has 0 radical (unpaired) electrons. The predicted octanol–water partition coefficient (Wildman–Crippen LogP) is 17.7. The molecule has 0 bridgehead atoms. The fourth-order valence-corrected chi connectivity index (χ4v) is 10.6. The van der Waals surface area contributed by atoms with Gasteiger partial charge in [0.25, 0.3) is 0 Å². The summed E-state index contributed by atoms with van der Waals surface area (Å²) in [6.45, 7) is 5.69. The highest BCUT2D eigenvalue weighted by molar-refractivity contribution is 5.80. The van der Waals surface area contributed by atoms with Crippen LogP contribution in [0.15, 0.2) is 85.1 Å². The third kappa shape index (κ3) is 47.0. The van der Waals surface area contributed by atoms with Gasteiger partial charge in [-0.1, -0.05) is 305 Å². The van der Waals surface area contributed by atoms with Crippen LogP contribution in [0.3, 0.4) is 0 Å². The van der Waals surface area contributed by atoms with Gasteiger partial charge in [0.1, 0.15) is 24.4 Å². The van der Waals surface area contributed by atoms with E-state index in [2.05, 4.69) is 99.0 Å². The van der Waals surface area contributed by atoms with Crippen molar-refractivity contribution < 1.29 is 49.3 Å². The van der Waals surface area contributed by atoms with Gasteiger partial charge in [-0.05, 0) is 77.0 Å². The standard InChI is InChI=1S/C73H129NO10/c1-4-7-10-13-16-19-22-25-27-29-31-33-35-36-38-40-42-45-48-51-54-57-60-66(77)72(81)74-64(65(76)59-56-53-50-47-44-24-21-18-15-12-9-6-3)63-82-73-71(70(80)69(79)67(62-75)83-73)84-68(78)61-58-55-52-49-46-43-41-39-37-34-32-30-28-26-23-20-17-14-11-8-5-2/h7,10,16,19,25,27,31,33,36,38,42,45,56,59,64-67,69-71,73,75-77,79-80H,4-6,8-9,11-15,17-18,20-24,26,28-30,32,34-35,37,39-41,43-44,46-55,57-58,60-63H2,1-3H3,(H,74,81)/b10-7-,19-16-,27-25-,33-31-,38-36-,45-42-,59-56+. The number of esters is 1. The van der Waals surface area contributed by atoms with E-state index in [-0.39, 0.29) is 19.4 Å². The van der Waals surface area contributed by atoms with E-state index in [9.17, 15) is 35.1 Å². The second kappa shape index (κ2) is 60.1. The van der Waals surface area contributed by atoms with Crippen LogP contribution in [0.2, 0.25) is 0 Å². The molecule has 8 unspecified atom stereocenters. The Morgan fingerprint density at radius 3 is 1.29 bits per heavy atom. The summed E-state index contributed by atoms with van der Waals surface area (Å²) in [4.78, 5) is 26.7. The first kappa shape index (κ1) is 78.9. The number of hydrogen-bond acceptors (Lipinski definition) is 10. The van der Waals surface area contributed by atoms with Crippen LogP contribution in [0.25, 0.3) is 0 Å². The molecule has 1 aliphatic rings. The van der Waals surface area contributed by atoms with Crippen molar-refractivity contribution in [1.29, 1.82) is 0 Å². The number of allylic oxidation sites excluding steroid dienone is 13. The highest BCUT2D eigenvalue weighted by atomic mass is 16.7. The van der Waals surface area contributed by atoms with E-state index >= 15 is 0 Å². The van der Waals surface area contributed by atoms with E-state index in [4.69, 9.17) is 14.2 Å². The smallest absolute Gasteiger partial charge is 0.306 e. The summed E-state index contributed by atoms with van der Waals surface area (Å²) in [5.74, 6) is -1.21. The molecular formula is C73H129NO10. The molecule has 11 nitrogen and oxygen atoms in total. The zero-order chi connectivity index (χ0) is 61.0. The van der Waals surface area contributed by atoms with Crippen LogP contribution in [0.4, 0.5) is 0 Å². The Labute approximate surface area is 514 Å². The van der Waals surface area contributed by atoms with Gasteiger partial charge in [-0.25, -0.2) is 0 Å². The maximum atomic E-state index is 13.5. The molecule has 0 aromatic carbocycles. The summed E-state index contributed by atoms with van der Waals surface area (Å²) < 4.78 is 17.7. The van der Waals surface area contributed by atoms with Gasteiger partial charge >= 0.3 is 5.97 Å². The highest BCUT2D eigenvalue weighted by Crippen LogP contribution is 2.26.